The Morgan fingerprint density at radius 1 is 0.435 bits per heavy atom. The molecule has 0 amide bonds. The van der Waals surface area contributed by atoms with Crippen molar-refractivity contribution in [2.24, 2.45) is 0 Å². The average molecular weight is 593 g/mol. The first-order valence-electron chi connectivity index (χ1n) is 14.3. The van der Waals surface area contributed by atoms with E-state index in [1.807, 2.05) is 133 Å². The molecule has 2 aromatic heterocycles. The number of aromatic nitrogens is 2. The molecule has 214 valence electrons. The van der Waals surface area contributed by atoms with Gasteiger partial charge in [0, 0.05) is 0 Å². The normalized spacial score (nSPS) is 10.9. The van der Waals surface area contributed by atoms with E-state index in [0.717, 1.165) is 33.4 Å². The van der Waals surface area contributed by atoms with Gasteiger partial charge in [0.2, 0.25) is 23.6 Å². The number of oxazole rings is 2. The number of nitrogens with zero attached hydrogens (tertiary/aromatic N) is 6. The highest BCUT2D eigenvalue weighted by molar-refractivity contribution is 6.18. The van der Waals surface area contributed by atoms with E-state index in [2.05, 4.69) is 0 Å². The van der Waals surface area contributed by atoms with Crippen molar-refractivity contribution >= 4 is 22.2 Å². The molecule has 0 N–H and O–H groups in total. The molecule has 0 aliphatic rings. The number of nitriles is 4. The van der Waals surface area contributed by atoms with Crippen LogP contribution in [0, 0.1) is 45.3 Å². The van der Waals surface area contributed by atoms with E-state index in [4.69, 9.17) is 18.8 Å². The summed E-state index contributed by atoms with van der Waals surface area (Å²) in [6.07, 6.45) is 0. The Hall–Kier alpha value is -7.00. The molecule has 2 heterocycles. The standard InChI is InChI=1S/C38H20N6O2/c39-19-25(20-40)37-43-33-31(29-17-9-7-15-27(29)23-11-3-1-4-12-23)35-34(44-38(45-35)26(21-41)22-42)32(36(33)46-37)30-18-10-8-16-28(30)24-13-5-2-6-14-24/h1-18,25-26H. The summed E-state index contributed by atoms with van der Waals surface area (Å²) in [5, 5.41) is 39.2. The molecule has 0 spiro atoms. The first-order chi connectivity index (χ1) is 22.7. The van der Waals surface area contributed by atoms with Crippen molar-refractivity contribution in [1.82, 2.24) is 9.97 Å². The van der Waals surface area contributed by atoms with Crippen LogP contribution in [0.4, 0.5) is 0 Å². The zero-order valence-corrected chi connectivity index (χ0v) is 24.0. The second-order valence-corrected chi connectivity index (χ2v) is 10.4. The molecule has 0 radical (unpaired) electrons. The molecule has 0 aliphatic heterocycles. The fraction of sp³-hybridized carbons (Fsp3) is 0.0526. The second kappa shape index (κ2) is 11.6. The predicted octanol–water partition coefficient (Wildman–Crippen LogP) is 8.90. The number of hydrogen-bond acceptors (Lipinski definition) is 8. The van der Waals surface area contributed by atoms with Gasteiger partial charge in [-0.15, -0.1) is 0 Å². The first kappa shape index (κ1) is 27.8. The lowest BCUT2D eigenvalue weighted by Gasteiger charge is -2.14. The van der Waals surface area contributed by atoms with Gasteiger partial charge >= 0.3 is 0 Å². The minimum atomic E-state index is -1.27. The maximum Gasteiger partial charge on any atom is 0.227 e. The van der Waals surface area contributed by atoms with Crippen molar-refractivity contribution in [3.8, 4) is 68.8 Å². The van der Waals surface area contributed by atoms with E-state index in [1.54, 1.807) is 0 Å². The van der Waals surface area contributed by atoms with E-state index in [9.17, 15) is 21.0 Å². The number of rotatable bonds is 6. The molecular weight excluding hydrogens is 572 g/mol. The van der Waals surface area contributed by atoms with E-state index < -0.39 is 11.8 Å². The van der Waals surface area contributed by atoms with Gasteiger partial charge in [-0.05, 0) is 33.4 Å². The summed E-state index contributed by atoms with van der Waals surface area (Å²) < 4.78 is 12.7. The van der Waals surface area contributed by atoms with Gasteiger partial charge in [-0.25, -0.2) is 9.97 Å². The summed E-state index contributed by atoms with van der Waals surface area (Å²) in [5.41, 5.74) is 7.34. The second-order valence-electron chi connectivity index (χ2n) is 10.4. The van der Waals surface area contributed by atoms with Gasteiger partial charge in [-0.2, -0.15) is 21.0 Å². The molecule has 0 unspecified atom stereocenters. The van der Waals surface area contributed by atoms with Gasteiger partial charge in [0.05, 0.1) is 35.4 Å². The van der Waals surface area contributed by atoms with Crippen molar-refractivity contribution in [3.05, 3.63) is 121 Å². The Kier molecular flexibility index (Phi) is 7.01. The van der Waals surface area contributed by atoms with Gasteiger partial charge in [0.1, 0.15) is 11.0 Å². The third-order valence-corrected chi connectivity index (χ3v) is 7.79. The smallest absolute Gasteiger partial charge is 0.227 e. The van der Waals surface area contributed by atoms with Gasteiger partial charge < -0.3 is 8.83 Å². The highest BCUT2D eigenvalue weighted by Crippen LogP contribution is 2.48. The third-order valence-electron chi connectivity index (χ3n) is 7.79. The topological polar surface area (TPSA) is 147 Å². The quantitative estimate of drug-likeness (QED) is 0.186. The van der Waals surface area contributed by atoms with E-state index >= 15 is 0 Å². The van der Waals surface area contributed by atoms with Gasteiger partial charge in [0.15, 0.2) is 11.2 Å². The third kappa shape index (κ3) is 4.52. The van der Waals surface area contributed by atoms with E-state index in [0.29, 0.717) is 33.3 Å². The van der Waals surface area contributed by atoms with Crippen LogP contribution in [0.3, 0.4) is 0 Å². The molecule has 7 aromatic rings. The fourth-order valence-corrected chi connectivity index (χ4v) is 5.73. The lowest BCUT2D eigenvalue weighted by molar-refractivity contribution is 0.535. The molecular formula is C38H20N6O2. The molecule has 8 nitrogen and oxygen atoms in total. The molecule has 5 aromatic carbocycles. The molecule has 0 bridgehead atoms. The van der Waals surface area contributed by atoms with Crippen molar-refractivity contribution in [1.29, 1.82) is 21.0 Å². The summed E-state index contributed by atoms with van der Waals surface area (Å²) >= 11 is 0. The van der Waals surface area contributed by atoms with Crippen LogP contribution in [-0.2, 0) is 0 Å². The zero-order valence-electron chi connectivity index (χ0n) is 24.0. The summed E-state index contributed by atoms with van der Waals surface area (Å²) in [6.45, 7) is 0. The SMILES string of the molecule is N#CC(C#N)c1nc2c(-c3ccccc3-c3ccccc3)c3oc(C(C#N)C#N)nc3c(-c3ccccc3-c3ccccc3)c2o1. The van der Waals surface area contributed by atoms with E-state index in [1.165, 1.54) is 0 Å². The fourth-order valence-electron chi connectivity index (χ4n) is 5.73. The van der Waals surface area contributed by atoms with Gasteiger partial charge in [0.25, 0.3) is 0 Å². The molecule has 8 heteroatoms. The molecule has 7 rings (SSSR count). The Bertz CT molecular complexity index is 2180. The van der Waals surface area contributed by atoms with Crippen molar-refractivity contribution in [2.75, 3.05) is 0 Å². The zero-order chi connectivity index (χ0) is 31.6. The maximum absolute atomic E-state index is 9.80. The molecule has 0 saturated heterocycles. The Labute approximate surface area is 263 Å². The van der Waals surface area contributed by atoms with Gasteiger partial charge in [-0.3, -0.25) is 0 Å². The minimum absolute atomic E-state index is 0.0586. The minimum Gasteiger partial charge on any atom is -0.437 e. The molecule has 0 saturated carbocycles. The Morgan fingerprint density at radius 2 is 0.761 bits per heavy atom. The molecule has 0 fully saturated rings. The van der Waals surface area contributed by atoms with Crippen LogP contribution in [0.15, 0.2) is 118 Å². The van der Waals surface area contributed by atoms with Crippen LogP contribution < -0.4 is 0 Å². The van der Waals surface area contributed by atoms with Crippen LogP contribution in [0.2, 0.25) is 0 Å². The number of fused-ring (bicyclic) bond motifs is 2. The van der Waals surface area contributed by atoms with Crippen molar-refractivity contribution in [3.63, 3.8) is 0 Å². The van der Waals surface area contributed by atoms with Crippen LogP contribution in [0.1, 0.15) is 23.6 Å². The van der Waals surface area contributed by atoms with Crippen LogP contribution in [-0.4, -0.2) is 9.97 Å². The lowest BCUT2D eigenvalue weighted by Crippen LogP contribution is -1.93. The first-order valence-corrected chi connectivity index (χ1v) is 14.3. The summed E-state index contributed by atoms with van der Waals surface area (Å²) in [7, 11) is 0. The van der Waals surface area contributed by atoms with Crippen LogP contribution in [0.25, 0.3) is 66.7 Å². The predicted molar refractivity (Wildman–Crippen MR) is 171 cm³/mol. The van der Waals surface area contributed by atoms with E-state index in [-0.39, 0.29) is 11.8 Å². The van der Waals surface area contributed by atoms with Crippen LogP contribution >= 0.6 is 0 Å². The monoisotopic (exact) mass is 592 g/mol. The Morgan fingerprint density at radius 3 is 1.11 bits per heavy atom. The summed E-state index contributed by atoms with van der Waals surface area (Å²) in [6, 6.07) is 42.9. The lowest BCUT2D eigenvalue weighted by atomic mass is 9.89. The number of hydrogen-bond donors (Lipinski definition) is 0. The molecule has 0 atom stereocenters. The van der Waals surface area contributed by atoms with Gasteiger partial charge in [-0.1, -0.05) is 109 Å². The summed E-state index contributed by atoms with van der Waals surface area (Å²) in [5.74, 6) is -2.65. The van der Waals surface area contributed by atoms with Crippen LogP contribution in [0.5, 0.6) is 0 Å². The molecule has 0 aliphatic carbocycles. The van der Waals surface area contributed by atoms with Crippen molar-refractivity contribution in [2.45, 2.75) is 11.8 Å². The number of benzene rings is 5. The summed E-state index contributed by atoms with van der Waals surface area (Å²) in [4.78, 5) is 9.54. The van der Waals surface area contributed by atoms with Crippen molar-refractivity contribution < 1.29 is 8.83 Å². The highest BCUT2D eigenvalue weighted by atomic mass is 16.4. The Balaban J connectivity index is 1.68. The molecule has 46 heavy (non-hydrogen) atoms. The maximum atomic E-state index is 9.80. The average Bonchev–Trinajstić information content (AvgIpc) is 3.74. The largest absolute Gasteiger partial charge is 0.437 e. The highest BCUT2D eigenvalue weighted by Gasteiger charge is 2.31.